The molecule has 1 aliphatic rings. The largest absolute Gasteiger partial charge is 0.481 e. The summed E-state index contributed by atoms with van der Waals surface area (Å²) in [7, 11) is 0. The molecule has 0 atom stereocenters. The van der Waals surface area contributed by atoms with Crippen LogP contribution in [0.15, 0.2) is 18.2 Å². The first-order valence-electron chi connectivity index (χ1n) is 5.39. The lowest BCUT2D eigenvalue weighted by Gasteiger charge is -2.17. The van der Waals surface area contributed by atoms with Crippen LogP contribution in [-0.4, -0.2) is 23.5 Å². The van der Waals surface area contributed by atoms with Crippen molar-refractivity contribution in [3.8, 4) is 0 Å². The van der Waals surface area contributed by atoms with Gasteiger partial charge in [0.15, 0.2) is 0 Å². The Labute approximate surface area is 97.7 Å². The van der Waals surface area contributed by atoms with Gasteiger partial charge in [-0.25, -0.2) is 4.39 Å². The SMILES string of the molecule is O=C(O)CCC(=O)N1CCc2cccc(F)c21. The quantitative estimate of drug-likeness (QED) is 0.868. The fraction of sp³-hybridized carbons (Fsp3) is 0.333. The van der Waals surface area contributed by atoms with Crippen LogP contribution < -0.4 is 4.90 Å². The van der Waals surface area contributed by atoms with Crippen molar-refractivity contribution >= 4 is 17.6 Å². The third-order valence-electron chi connectivity index (χ3n) is 2.80. The fourth-order valence-electron chi connectivity index (χ4n) is 2.01. The molecule has 0 spiro atoms. The van der Waals surface area contributed by atoms with E-state index in [2.05, 4.69) is 0 Å². The number of aliphatic carboxylic acids is 1. The lowest BCUT2D eigenvalue weighted by atomic mass is 10.1. The number of hydrogen-bond donors (Lipinski definition) is 1. The Morgan fingerprint density at radius 3 is 2.82 bits per heavy atom. The second-order valence-corrected chi connectivity index (χ2v) is 3.94. The first kappa shape index (κ1) is 11.6. The summed E-state index contributed by atoms with van der Waals surface area (Å²) in [5, 5.41) is 8.51. The highest BCUT2D eigenvalue weighted by atomic mass is 19.1. The minimum absolute atomic E-state index is 0.0941. The van der Waals surface area contributed by atoms with Gasteiger partial charge in [-0.3, -0.25) is 9.59 Å². The Kier molecular flexibility index (Phi) is 3.08. The number of carbonyl (C=O) groups excluding carboxylic acids is 1. The third-order valence-corrected chi connectivity index (χ3v) is 2.80. The van der Waals surface area contributed by atoms with E-state index in [1.165, 1.54) is 11.0 Å². The maximum Gasteiger partial charge on any atom is 0.303 e. The zero-order valence-corrected chi connectivity index (χ0v) is 9.15. The number of carbonyl (C=O) groups is 2. The molecule has 1 heterocycles. The average Bonchev–Trinajstić information content (AvgIpc) is 2.71. The van der Waals surface area contributed by atoms with Crippen molar-refractivity contribution in [2.24, 2.45) is 0 Å². The lowest BCUT2D eigenvalue weighted by molar-refractivity contribution is -0.138. The van der Waals surface area contributed by atoms with Crippen LogP contribution in [0.2, 0.25) is 0 Å². The molecule has 0 aliphatic carbocycles. The molecule has 0 bridgehead atoms. The van der Waals surface area contributed by atoms with Gasteiger partial charge in [-0.05, 0) is 18.1 Å². The fourth-order valence-corrected chi connectivity index (χ4v) is 2.01. The number of anilines is 1. The summed E-state index contributed by atoms with van der Waals surface area (Å²) in [5.74, 6) is -1.79. The summed E-state index contributed by atoms with van der Waals surface area (Å²) in [6.07, 6.45) is 0.300. The third kappa shape index (κ3) is 2.27. The molecular formula is C12H12FNO3. The van der Waals surface area contributed by atoms with Gasteiger partial charge in [-0.2, -0.15) is 0 Å². The number of para-hydroxylation sites is 1. The zero-order chi connectivity index (χ0) is 12.4. The highest BCUT2D eigenvalue weighted by Crippen LogP contribution is 2.31. The van der Waals surface area contributed by atoms with Gasteiger partial charge in [0.1, 0.15) is 5.82 Å². The van der Waals surface area contributed by atoms with Gasteiger partial charge >= 0.3 is 5.97 Å². The zero-order valence-electron chi connectivity index (χ0n) is 9.15. The van der Waals surface area contributed by atoms with Crippen molar-refractivity contribution < 1.29 is 19.1 Å². The standard InChI is InChI=1S/C12H12FNO3/c13-9-3-1-2-8-6-7-14(12(8)9)10(15)4-5-11(16)17/h1-3H,4-7H2,(H,16,17). The van der Waals surface area contributed by atoms with Crippen LogP contribution in [0.3, 0.4) is 0 Å². The van der Waals surface area contributed by atoms with Crippen molar-refractivity contribution in [1.29, 1.82) is 0 Å². The van der Waals surface area contributed by atoms with E-state index < -0.39 is 11.8 Å². The number of carboxylic acid groups (broad SMARTS) is 1. The molecule has 0 saturated heterocycles. The van der Waals surface area contributed by atoms with Gasteiger partial charge in [-0.1, -0.05) is 12.1 Å². The molecule has 17 heavy (non-hydrogen) atoms. The number of carboxylic acids is 1. The summed E-state index contributed by atoms with van der Waals surface area (Å²) in [5.41, 5.74) is 1.11. The highest BCUT2D eigenvalue weighted by Gasteiger charge is 2.27. The lowest BCUT2D eigenvalue weighted by Crippen LogP contribution is -2.29. The van der Waals surface area contributed by atoms with Crippen LogP contribution >= 0.6 is 0 Å². The number of hydrogen-bond acceptors (Lipinski definition) is 2. The summed E-state index contributed by atoms with van der Waals surface area (Å²) < 4.78 is 13.6. The Bertz CT molecular complexity index is 473. The number of halogens is 1. The number of benzene rings is 1. The van der Waals surface area contributed by atoms with E-state index in [-0.39, 0.29) is 18.7 Å². The van der Waals surface area contributed by atoms with E-state index >= 15 is 0 Å². The number of rotatable bonds is 3. The van der Waals surface area contributed by atoms with Crippen molar-refractivity contribution in [1.82, 2.24) is 0 Å². The van der Waals surface area contributed by atoms with E-state index in [1.54, 1.807) is 12.1 Å². The van der Waals surface area contributed by atoms with Crippen LogP contribution in [0.25, 0.3) is 0 Å². The molecule has 1 amide bonds. The molecule has 0 aromatic heterocycles. The summed E-state index contributed by atoms with van der Waals surface area (Å²) >= 11 is 0. The Morgan fingerprint density at radius 2 is 2.12 bits per heavy atom. The molecular weight excluding hydrogens is 225 g/mol. The molecule has 1 aromatic rings. The Morgan fingerprint density at radius 1 is 1.35 bits per heavy atom. The highest BCUT2D eigenvalue weighted by molar-refractivity contribution is 5.96. The van der Waals surface area contributed by atoms with E-state index in [1.807, 2.05) is 0 Å². The molecule has 5 heteroatoms. The molecule has 1 aromatic carbocycles. The summed E-state index contributed by atoms with van der Waals surface area (Å²) in [4.78, 5) is 23.5. The van der Waals surface area contributed by atoms with Crippen LogP contribution in [0, 0.1) is 5.82 Å². The topological polar surface area (TPSA) is 57.6 Å². The molecule has 90 valence electrons. The minimum atomic E-state index is -1.02. The predicted octanol–water partition coefficient (Wildman–Crippen LogP) is 1.58. The van der Waals surface area contributed by atoms with E-state index in [0.29, 0.717) is 18.7 Å². The molecule has 0 fully saturated rings. The maximum absolute atomic E-state index is 13.6. The molecule has 1 aliphatic heterocycles. The van der Waals surface area contributed by atoms with Gasteiger partial charge in [-0.15, -0.1) is 0 Å². The molecule has 0 unspecified atom stereocenters. The monoisotopic (exact) mass is 237 g/mol. The van der Waals surface area contributed by atoms with E-state index in [9.17, 15) is 14.0 Å². The van der Waals surface area contributed by atoms with Crippen molar-refractivity contribution in [2.45, 2.75) is 19.3 Å². The number of amides is 1. The van der Waals surface area contributed by atoms with Crippen LogP contribution in [0.1, 0.15) is 18.4 Å². The van der Waals surface area contributed by atoms with Crippen molar-refractivity contribution in [2.75, 3.05) is 11.4 Å². The molecule has 4 nitrogen and oxygen atoms in total. The molecule has 0 radical (unpaired) electrons. The average molecular weight is 237 g/mol. The van der Waals surface area contributed by atoms with Crippen LogP contribution in [0.4, 0.5) is 10.1 Å². The maximum atomic E-state index is 13.6. The number of nitrogens with zero attached hydrogens (tertiary/aromatic N) is 1. The van der Waals surface area contributed by atoms with Gasteiger partial charge in [0.05, 0.1) is 12.1 Å². The van der Waals surface area contributed by atoms with Gasteiger partial charge in [0.25, 0.3) is 0 Å². The smallest absolute Gasteiger partial charge is 0.303 e. The predicted molar refractivity (Wildman–Crippen MR) is 59.3 cm³/mol. The summed E-state index contributed by atoms with van der Waals surface area (Å²) in [6.45, 7) is 0.425. The molecule has 0 saturated carbocycles. The second-order valence-electron chi connectivity index (χ2n) is 3.94. The van der Waals surface area contributed by atoms with Crippen LogP contribution in [0.5, 0.6) is 0 Å². The van der Waals surface area contributed by atoms with Gasteiger partial charge < -0.3 is 10.0 Å². The first-order chi connectivity index (χ1) is 8.09. The second kappa shape index (κ2) is 4.53. The number of fused-ring (bicyclic) bond motifs is 1. The first-order valence-corrected chi connectivity index (χ1v) is 5.39. The normalized spacial score (nSPS) is 13.6. The van der Waals surface area contributed by atoms with E-state index in [0.717, 1.165) is 5.56 Å². The van der Waals surface area contributed by atoms with Crippen LogP contribution in [-0.2, 0) is 16.0 Å². The van der Waals surface area contributed by atoms with E-state index in [4.69, 9.17) is 5.11 Å². The molecule has 2 rings (SSSR count). The Hall–Kier alpha value is -1.91. The van der Waals surface area contributed by atoms with Gasteiger partial charge in [0.2, 0.25) is 5.91 Å². The van der Waals surface area contributed by atoms with Crippen molar-refractivity contribution in [3.05, 3.63) is 29.6 Å². The van der Waals surface area contributed by atoms with Crippen molar-refractivity contribution in [3.63, 3.8) is 0 Å². The Balaban J connectivity index is 2.16. The van der Waals surface area contributed by atoms with Gasteiger partial charge in [0, 0.05) is 13.0 Å². The molecule has 1 N–H and O–H groups in total. The minimum Gasteiger partial charge on any atom is -0.481 e. The summed E-state index contributed by atoms with van der Waals surface area (Å²) in [6, 6.07) is 4.70.